The molecular formula is C20H24FIN8. The van der Waals surface area contributed by atoms with E-state index < -0.39 is 0 Å². The van der Waals surface area contributed by atoms with Crippen LogP contribution in [0.4, 0.5) is 10.3 Å². The first-order valence-corrected chi connectivity index (χ1v) is 9.56. The molecule has 0 aliphatic carbocycles. The number of rotatable bonds is 5. The van der Waals surface area contributed by atoms with Gasteiger partial charge in [0.15, 0.2) is 5.96 Å². The second kappa shape index (κ2) is 10.3. The molecule has 1 aromatic carbocycles. The molecule has 3 aromatic rings. The molecule has 0 spiro atoms. The normalized spacial score (nSPS) is 14.5. The lowest BCUT2D eigenvalue weighted by molar-refractivity contribution is 0.378. The maximum Gasteiger partial charge on any atom is 0.225 e. The first-order valence-electron chi connectivity index (χ1n) is 9.56. The Hall–Kier alpha value is -2.76. The summed E-state index contributed by atoms with van der Waals surface area (Å²) >= 11 is 0. The number of nitrogens with zero attached hydrogens (tertiary/aromatic N) is 7. The van der Waals surface area contributed by atoms with Crippen LogP contribution in [0.25, 0.3) is 5.69 Å². The molecule has 0 saturated carbocycles. The van der Waals surface area contributed by atoms with Crippen molar-refractivity contribution in [3.63, 3.8) is 0 Å². The molecular weight excluding hydrogens is 498 g/mol. The standard InChI is InChI=1S/C20H23FN8.HI/c21-16-2-4-18(5-3-16)29-11-7-17(26-29)6-10-23-19(22)27-12-14-28(15-13-27)20-24-8-1-9-25-20;/h1-5,7-9,11H,6,10,12-15H2,(H2,22,23);1H. The van der Waals surface area contributed by atoms with Crippen molar-refractivity contribution in [3.05, 3.63) is 66.5 Å². The number of piperazine rings is 1. The smallest absolute Gasteiger partial charge is 0.225 e. The maximum atomic E-state index is 13.0. The van der Waals surface area contributed by atoms with Gasteiger partial charge in [0.25, 0.3) is 0 Å². The summed E-state index contributed by atoms with van der Waals surface area (Å²) in [4.78, 5) is 17.3. The van der Waals surface area contributed by atoms with Crippen LogP contribution in [-0.2, 0) is 6.42 Å². The highest BCUT2D eigenvalue weighted by atomic mass is 127. The van der Waals surface area contributed by atoms with E-state index in [0.717, 1.165) is 43.5 Å². The van der Waals surface area contributed by atoms with Crippen molar-refractivity contribution in [2.45, 2.75) is 6.42 Å². The summed E-state index contributed by atoms with van der Waals surface area (Å²) in [5.41, 5.74) is 7.91. The van der Waals surface area contributed by atoms with Gasteiger partial charge < -0.3 is 15.5 Å². The Bertz CT molecular complexity index is 952. The van der Waals surface area contributed by atoms with Gasteiger partial charge in [-0.2, -0.15) is 5.10 Å². The van der Waals surface area contributed by atoms with Crippen molar-refractivity contribution in [1.82, 2.24) is 24.6 Å². The van der Waals surface area contributed by atoms with E-state index in [1.807, 2.05) is 18.3 Å². The summed E-state index contributed by atoms with van der Waals surface area (Å²) in [6.45, 7) is 3.75. The van der Waals surface area contributed by atoms with Gasteiger partial charge in [0.2, 0.25) is 5.95 Å². The predicted octanol–water partition coefficient (Wildman–Crippen LogP) is 2.10. The van der Waals surface area contributed by atoms with Crippen molar-refractivity contribution < 1.29 is 4.39 Å². The van der Waals surface area contributed by atoms with Crippen LogP contribution in [0.3, 0.4) is 0 Å². The van der Waals surface area contributed by atoms with Gasteiger partial charge in [-0.05, 0) is 36.4 Å². The molecule has 0 unspecified atom stereocenters. The van der Waals surface area contributed by atoms with Crippen molar-refractivity contribution in [2.24, 2.45) is 10.7 Å². The van der Waals surface area contributed by atoms with Gasteiger partial charge in [-0.15, -0.1) is 24.0 Å². The zero-order valence-corrected chi connectivity index (χ0v) is 18.8. The van der Waals surface area contributed by atoms with Gasteiger partial charge in [-0.25, -0.2) is 19.0 Å². The lowest BCUT2D eigenvalue weighted by Crippen LogP contribution is -2.51. The third-order valence-electron chi connectivity index (χ3n) is 4.82. The molecule has 158 valence electrons. The van der Waals surface area contributed by atoms with E-state index in [1.54, 1.807) is 29.2 Å². The lowest BCUT2D eigenvalue weighted by Gasteiger charge is -2.35. The Balaban J connectivity index is 0.00000256. The van der Waals surface area contributed by atoms with Gasteiger partial charge in [0.1, 0.15) is 5.82 Å². The van der Waals surface area contributed by atoms with Crippen LogP contribution < -0.4 is 10.6 Å². The fraction of sp³-hybridized carbons (Fsp3) is 0.300. The molecule has 3 heterocycles. The molecule has 4 rings (SSSR count). The number of hydrogen-bond donors (Lipinski definition) is 1. The summed E-state index contributed by atoms with van der Waals surface area (Å²) in [7, 11) is 0. The van der Waals surface area contributed by atoms with Crippen molar-refractivity contribution >= 4 is 35.9 Å². The van der Waals surface area contributed by atoms with Gasteiger partial charge in [0, 0.05) is 57.7 Å². The predicted molar refractivity (Wildman–Crippen MR) is 125 cm³/mol. The fourth-order valence-electron chi connectivity index (χ4n) is 3.21. The Labute approximate surface area is 191 Å². The molecule has 2 aromatic heterocycles. The van der Waals surface area contributed by atoms with E-state index in [9.17, 15) is 4.39 Å². The molecule has 0 amide bonds. The van der Waals surface area contributed by atoms with Gasteiger partial charge in [0.05, 0.1) is 11.4 Å². The molecule has 10 heteroatoms. The van der Waals surface area contributed by atoms with Crippen LogP contribution in [0.15, 0.2) is 60.0 Å². The zero-order chi connectivity index (χ0) is 20.1. The van der Waals surface area contributed by atoms with Gasteiger partial charge in [-0.1, -0.05) is 0 Å². The lowest BCUT2D eigenvalue weighted by atomic mass is 10.3. The largest absolute Gasteiger partial charge is 0.370 e. The van der Waals surface area contributed by atoms with Gasteiger partial charge >= 0.3 is 0 Å². The summed E-state index contributed by atoms with van der Waals surface area (Å²) in [6.07, 6.45) is 6.05. The third-order valence-corrected chi connectivity index (χ3v) is 4.82. The number of aliphatic imine (C=N–C) groups is 1. The number of benzene rings is 1. The van der Waals surface area contributed by atoms with Crippen LogP contribution >= 0.6 is 24.0 Å². The second-order valence-electron chi connectivity index (χ2n) is 6.74. The number of aromatic nitrogens is 4. The molecule has 1 fully saturated rings. The Kier molecular flexibility index (Phi) is 7.55. The molecule has 1 aliphatic heterocycles. The monoisotopic (exact) mass is 522 g/mol. The minimum atomic E-state index is -0.261. The number of halogens is 2. The Morgan fingerprint density at radius 3 is 2.43 bits per heavy atom. The van der Waals surface area contributed by atoms with Crippen LogP contribution in [0, 0.1) is 5.82 Å². The quantitative estimate of drug-likeness (QED) is 0.314. The number of anilines is 1. The van der Waals surface area contributed by atoms with Crippen LogP contribution in [-0.4, -0.2) is 63.3 Å². The summed E-state index contributed by atoms with van der Waals surface area (Å²) in [5.74, 6) is 1.04. The number of nitrogens with two attached hydrogens (primary N) is 1. The van der Waals surface area contributed by atoms with E-state index in [1.165, 1.54) is 12.1 Å². The van der Waals surface area contributed by atoms with E-state index >= 15 is 0 Å². The SMILES string of the molecule is I.NC(=NCCc1ccn(-c2ccc(F)cc2)n1)N1CCN(c2ncccn2)CC1. The van der Waals surface area contributed by atoms with Crippen molar-refractivity contribution in [3.8, 4) is 5.69 Å². The molecule has 0 atom stereocenters. The highest BCUT2D eigenvalue weighted by Gasteiger charge is 2.19. The summed E-state index contributed by atoms with van der Waals surface area (Å²) in [6, 6.07) is 9.99. The molecule has 0 bridgehead atoms. The Morgan fingerprint density at radius 1 is 1.03 bits per heavy atom. The summed E-state index contributed by atoms with van der Waals surface area (Å²) < 4.78 is 14.8. The number of guanidine groups is 1. The zero-order valence-electron chi connectivity index (χ0n) is 16.4. The third kappa shape index (κ3) is 5.43. The van der Waals surface area contributed by atoms with E-state index in [4.69, 9.17) is 5.73 Å². The average molecular weight is 522 g/mol. The molecule has 8 nitrogen and oxygen atoms in total. The first kappa shape index (κ1) is 21.9. The molecule has 1 saturated heterocycles. The van der Waals surface area contributed by atoms with Crippen LogP contribution in [0.5, 0.6) is 0 Å². The van der Waals surface area contributed by atoms with Crippen molar-refractivity contribution in [1.29, 1.82) is 0 Å². The van der Waals surface area contributed by atoms with E-state index in [2.05, 4.69) is 29.9 Å². The van der Waals surface area contributed by atoms with Gasteiger partial charge in [-0.3, -0.25) is 4.99 Å². The Morgan fingerprint density at radius 2 is 1.73 bits per heavy atom. The highest BCUT2D eigenvalue weighted by Crippen LogP contribution is 2.11. The van der Waals surface area contributed by atoms with Crippen molar-refractivity contribution in [2.75, 3.05) is 37.6 Å². The molecule has 0 radical (unpaired) electrons. The minimum Gasteiger partial charge on any atom is -0.370 e. The topological polar surface area (TPSA) is 88.5 Å². The minimum absolute atomic E-state index is 0. The summed E-state index contributed by atoms with van der Waals surface area (Å²) in [5, 5.41) is 4.51. The molecule has 2 N–H and O–H groups in total. The van der Waals surface area contributed by atoms with E-state index in [0.29, 0.717) is 18.9 Å². The van der Waals surface area contributed by atoms with Crippen LogP contribution in [0.2, 0.25) is 0 Å². The highest BCUT2D eigenvalue weighted by molar-refractivity contribution is 14.0. The maximum absolute atomic E-state index is 13.0. The molecule has 1 aliphatic rings. The number of hydrogen-bond acceptors (Lipinski definition) is 5. The average Bonchev–Trinajstić information content (AvgIpc) is 3.24. The second-order valence-corrected chi connectivity index (χ2v) is 6.74. The van der Waals surface area contributed by atoms with Crippen LogP contribution in [0.1, 0.15) is 5.69 Å². The van der Waals surface area contributed by atoms with E-state index in [-0.39, 0.29) is 29.8 Å². The molecule has 30 heavy (non-hydrogen) atoms. The first-order chi connectivity index (χ1) is 14.2. The fourth-order valence-corrected chi connectivity index (χ4v) is 3.21.